The lowest BCUT2D eigenvalue weighted by Gasteiger charge is -2.18. The zero-order valence-electron chi connectivity index (χ0n) is 24.0. The molecule has 1 aliphatic rings. The quantitative estimate of drug-likeness (QED) is 0.178. The Morgan fingerprint density at radius 2 is 2.04 bits per heavy atom. The van der Waals surface area contributed by atoms with Crippen molar-refractivity contribution in [1.29, 1.82) is 0 Å². The van der Waals surface area contributed by atoms with Gasteiger partial charge >= 0.3 is 6.09 Å². The molecule has 1 unspecified atom stereocenters. The normalized spacial score (nSPS) is 14.9. The molecule has 6 rings (SSSR count). The summed E-state index contributed by atoms with van der Waals surface area (Å²) in [6.07, 6.45) is 3.38. The number of imidazole rings is 1. The SMILES string of the molecule is COCCN(CCc1ccc(-c2cc(Cl)c3cn(C(C(=O)Nc4nccs4)c4ncn5c4C[C@@H](F)C5)nc3c2Cl)cc1)C(=O)O. The van der Waals surface area contributed by atoms with Gasteiger partial charge in [-0.15, -0.1) is 11.3 Å². The molecule has 0 saturated heterocycles. The van der Waals surface area contributed by atoms with Crippen molar-refractivity contribution in [3.8, 4) is 11.1 Å². The van der Waals surface area contributed by atoms with Crippen LogP contribution < -0.4 is 5.32 Å². The molecule has 2 amide bonds. The lowest BCUT2D eigenvalue weighted by Crippen LogP contribution is -2.34. The van der Waals surface area contributed by atoms with Crippen LogP contribution in [0.25, 0.3) is 22.0 Å². The Kier molecular flexibility index (Phi) is 9.04. The van der Waals surface area contributed by atoms with Crippen LogP contribution in [-0.4, -0.2) is 79.3 Å². The fourth-order valence-electron chi connectivity index (χ4n) is 5.43. The maximum atomic E-state index is 14.3. The minimum Gasteiger partial charge on any atom is -0.465 e. The van der Waals surface area contributed by atoms with Crippen molar-refractivity contribution in [3.05, 3.63) is 81.4 Å². The zero-order chi connectivity index (χ0) is 31.7. The molecule has 2 aromatic carbocycles. The van der Waals surface area contributed by atoms with Crippen LogP contribution in [0.1, 0.15) is 23.0 Å². The number of nitrogens with zero attached hydrogens (tertiary/aromatic N) is 6. The van der Waals surface area contributed by atoms with E-state index >= 15 is 0 Å². The van der Waals surface area contributed by atoms with Crippen LogP contribution in [0.3, 0.4) is 0 Å². The van der Waals surface area contributed by atoms with Crippen LogP contribution in [0.15, 0.2) is 54.4 Å². The van der Waals surface area contributed by atoms with Crippen molar-refractivity contribution in [2.45, 2.75) is 31.6 Å². The van der Waals surface area contributed by atoms with E-state index < -0.39 is 24.2 Å². The Bertz CT molecular complexity index is 1850. The molecule has 0 aliphatic carbocycles. The highest BCUT2D eigenvalue weighted by Crippen LogP contribution is 2.39. The largest absolute Gasteiger partial charge is 0.465 e. The first-order valence-electron chi connectivity index (χ1n) is 14.0. The van der Waals surface area contributed by atoms with Gasteiger partial charge in [0.1, 0.15) is 11.7 Å². The standard InChI is InChI=1S/C30H28Cl2FN7O4S/c1-44-10-9-38(30(42)43)8-6-17-2-4-18(5-3-17)20-13-22(31)21-15-40(37-25(21)24(20)32)27(28(41)36-29-34-7-11-45-29)26-23-12-19(33)14-39(23)16-35-26/h2-5,7,11,13,15-16,19,27H,6,8-10,12,14H2,1H3,(H,42,43)(H,34,36,41)/t19-,27?/m1/s1. The molecule has 45 heavy (non-hydrogen) atoms. The highest BCUT2D eigenvalue weighted by molar-refractivity contribution is 7.13. The minimum absolute atomic E-state index is 0.139. The second-order valence-electron chi connectivity index (χ2n) is 10.6. The Hall–Kier alpha value is -4.04. The van der Waals surface area contributed by atoms with Crippen molar-refractivity contribution < 1.29 is 23.8 Å². The molecular weight excluding hydrogens is 644 g/mol. The number of carbonyl (C=O) groups is 2. The molecule has 0 saturated carbocycles. The molecular formula is C30H28Cl2FN7O4S. The number of aromatic nitrogens is 5. The van der Waals surface area contributed by atoms with Gasteiger partial charge in [0.25, 0.3) is 5.91 Å². The first kappa shape index (κ1) is 31.0. The molecule has 1 aliphatic heterocycles. The van der Waals surface area contributed by atoms with Crippen molar-refractivity contribution in [1.82, 2.24) is 29.2 Å². The molecule has 0 fully saturated rings. The van der Waals surface area contributed by atoms with Crippen LogP contribution in [0.5, 0.6) is 0 Å². The molecule has 4 heterocycles. The predicted molar refractivity (Wildman–Crippen MR) is 170 cm³/mol. The van der Waals surface area contributed by atoms with Crippen molar-refractivity contribution >= 4 is 62.6 Å². The number of fused-ring (bicyclic) bond motifs is 2. The molecule has 0 radical (unpaired) electrons. The molecule has 2 N–H and O–H groups in total. The first-order chi connectivity index (χ1) is 21.7. The predicted octanol–water partition coefficient (Wildman–Crippen LogP) is 5.95. The van der Waals surface area contributed by atoms with Crippen molar-refractivity contribution in [2.24, 2.45) is 0 Å². The van der Waals surface area contributed by atoms with E-state index in [9.17, 15) is 19.1 Å². The Labute approximate surface area is 271 Å². The smallest absolute Gasteiger partial charge is 0.407 e. The number of rotatable bonds is 11. The highest BCUT2D eigenvalue weighted by Gasteiger charge is 2.34. The van der Waals surface area contributed by atoms with Crippen molar-refractivity contribution in [3.63, 3.8) is 0 Å². The number of hydrogen-bond acceptors (Lipinski definition) is 7. The Balaban J connectivity index is 1.31. The second-order valence-corrected chi connectivity index (χ2v) is 12.2. The summed E-state index contributed by atoms with van der Waals surface area (Å²) in [4.78, 5) is 35.2. The maximum Gasteiger partial charge on any atom is 0.407 e. The van der Waals surface area contributed by atoms with Gasteiger partial charge < -0.3 is 19.3 Å². The van der Waals surface area contributed by atoms with E-state index in [1.165, 1.54) is 34.4 Å². The molecule has 3 aromatic heterocycles. The summed E-state index contributed by atoms with van der Waals surface area (Å²) in [5.41, 5.74) is 3.80. The molecule has 0 spiro atoms. The summed E-state index contributed by atoms with van der Waals surface area (Å²) in [6.45, 7) is 1.12. The lowest BCUT2D eigenvalue weighted by molar-refractivity contribution is -0.118. The van der Waals surface area contributed by atoms with Gasteiger partial charge in [-0.1, -0.05) is 47.5 Å². The summed E-state index contributed by atoms with van der Waals surface area (Å²) in [5.74, 6) is -0.437. The molecule has 2 atom stereocenters. The van der Waals surface area contributed by atoms with Gasteiger partial charge in [0.05, 0.1) is 35.2 Å². The Morgan fingerprint density at radius 3 is 2.76 bits per heavy atom. The number of amides is 2. The molecule has 5 aromatic rings. The summed E-state index contributed by atoms with van der Waals surface area (Å²) < 4.78 is 22.5. The summed E-state index contributed by atoms with van der Waals surface area (Å²) >= 11 is 15.0. The fraction of sp³-hybridized carbons (Fsp3) is 0.300. The minimum atomic E-state index is -1.06. The lowest BCUT2D eigenvalue weighted by atomic mass is 10.0. The number of carboxylic acid groups (broad SMARTS) is 1. The van der Waals surface area contributed by atoms with Crippen molar-refractivity contribution in [2.75, 3.05) is 32.1 Å². The number of hydrogen-bond donors (Lipinski definition) is 2. The molecule has 234 valence electrons. The van der Waals surface area contributed by atoms with Crippen LogP contribution >= 0.6 is 34.5 Å². The van der Waals surface area contributed by atoms with Gasteiger partial charge in [-0.3, -0.25) is 14.8 Å². The van der Waals surface area contributed by atoms with Crippen LogP contribution in [0.4, 0.5) is 14.3 Å². The van der Waals surface area contributed by atoms with Gasteiger partial charge in [-0.05, 0) is 23.6 Å². The number of benzene rings is 2. The zero-order valence-corrected chi connectivity index (χ0v) is 26.3. The van der Waals surface area contributed by atoms with E-state index in [1.54, 1.807) is 28.4 Å². The summed E-state index contributed by atoms with van der Waals surface area (Å²) in [7, 11) is 1.53. The third kappa shape index (κ3) is 6.39. The number of nitrogens with one attached hydrogen (secondary N) is 1. The highest BCUT2D eigenvalue weighted by atomic mass is 35.5. The summed E-state index contributed by atoms with van der Waals surface area (Å²) in [6, 6.07) is 8.32. The van der Waals surface area contributed by atoms with Crippen LogP contribution in [0, 0.1) is 0 Å². The number of carbonyl (C=O) groups excluding carboxylic acids is 1. The third-order valence-electron chi connectivity index (χ3n) is 7.70. The Morgan fingerprint density at radius 1 is 1.24 bits per heavy atom. The second kappa shape index (κ2) is 13.1. The average Bonchev–Trinajstić information content (AvgIpc) is 3.82. The van der Waals surface area contributed by atoms with E-state index in [0.717, 1.165) is 11.1 Å². The molecule has 0 bridgehead atoms. The van der Waals surface area contributed by atoms with E-state index in [4.69, 9.17) is 33.0 Å². The van der Waals surface area contributed by atoms with Gasteiger partial charge in [0, 0.05) is 61.0 Å². The average molecular weight is 673 g/mol. The fourth-order valence-corrected chi connectivity index (χ4v) is 6.52. The number of alkyl halides is 1. The number of halogens is 3. The van der Waals surface area contributed by atoms with E-state index in [2.05, 4.69) is 15.3 Å². The molecule has 15 heteroatoms. The van der Waals surface area contributed by atoms with E-state index in [-0.39, 0.29) is 19.5 Å². The first-order valence-corrected chi connectivity index (χ1v) is 15.7. The third-order valence-corrected chi connectivity index (χ3v) is 9.08. The number of methoxy groups -OCH3 is 1. The van der Waals surface area contributed by atoms with Gasteiger partial charge in [0.15, 0.2) is 11.2 Å². The van der Waals surface area contributed by atoms with Gasteiger partial charge in [-0.25, -0.2) is 19.2 Å². The number of ether oxygens (including phenoxy) is 1. The number of thiazole rings is 1. The van der Waals surface area contributed by atoms with E-state index in [1.807, 2.05) is 24.3 Å². The summed E-state index contributed by atoms with van der Waals surface area (Å²) in [5, 5.41) is 20.4. The van der Waals surface area contributed by atoms with Gasteiger partial charge in [-0.2, -0.15) is 5.10 Å². The molecule has 11 nitrogen and oxygen atoms in total. The number of anilines is 1. The van der Waals surface area contributed by atoms with Gasteiger partial charge in [0.2, 0.25) is 0 Å². The van der Waals surface area contributed by atoms with Crippen LogP contribution in [-0.2, 0) is 28.9 Å². The van der Waals surface area contributed by atoms with E-state index in [0.29, 0.717) is 62.6 Å². The monoisotopic (exact) mass is 671 g/mol. The maximum absolute atomic E-state index is 14.3. The topological polar surface area (TPSA) is 127 Å². The van der Waals surface area contributed by atoms with Crippen LogP contribution in [0.2, 0.25) is 10.0 Å².